The summed E-state index contributed by atoms with van der Waals surface area (Å²) in [5.41, 5.74) is 11.4. The number of thioether (sulfide) groups is 1. The van der Waals surface area contributed by atoms with Crippen molar-refractivity contribution in [2.45, 2.75) is 37.4 Å². The Morgan fingerprint density at radius 3 is 2.45 bits per heavy atom. The normalized spacial score (nSPS) is 13.5. The lowest BCUT2D eigenvalue weighted by Gasteiger charge is -2.20. The highest BCUT2D eigenvalue weighted by molar-refractivity contribution is 7.98. The molecule has 3 atom stereocenters. The largest absolute Gasteiger partial charge is 0.480 e. The fourth-order valence-corrected chi connectivity index (χ4v) is 2.91. The molecule has 9 N–H and O–H groups in total. The lowest BCUT2D eigenvalue weighted by molar-refractivity contribution is -0.141. The molecule has 0 aromatic carbocycles. The maximum absolute atomic E-state index is 12.3. The summed E-state index contributed by atoms with van der Waals surface area (Å²) >= 11 is 1.50. The van der Waals surface area contributed by atoms with E-state index in [0.717, 1.165) is 0 Å². The standard InChI is InChI=1S/C17H27N7O6S/c1-31-3-2-10(18)15(27)24-11(5-13(19)25)16(28)21-7-14(26)23-12(17(29)30)4-9-6-20-8-22-9/h6,8,10-12H,2-5,7,18H2,1H3,(H2,19,25)(H,20,22)(H,21,28)(H,23,26)(H,24,27)(H,29,30). The molecule has 0 aliphatic heterocycles. The van der Waals surface area contributed by atoms with Crippen molar-refractivity contribution >= 4 is 41.4 Å². The first kappa shape index (κ1) is 25.9. The zero-order valence-electron chi connectivity index (χ0n) is 16.9. The van der Waals surface area contributed by atoms with Gasteiger partial charge >= 0.3 is 5.97 Å². The van der Waals surface area contributed by atoms with Crippen molar-refractivity contribution in [3.8, 4) is 0 Å². The Balaban J connectivity index is 2.62. The summed E-state index contributed by atoms with van der Waals surface area (Å²) in [5, 5.41) is 16.1. The number of aromatic nitrogens is 2. The lowest BCUT2D eigenvalue weighted by atomic mass is 10.1. The third kappa shape index (κ3) is 9.95. The number of amides is 4. The van der Waals surface area contributed by atoms with E-state index in [4.69, 9.17) is 11.5 Å². The molecular formula is C17H27N7O6S. The van der Waals surface area contributed by atoms with Crippen LogP contribution in [0, 0.1) is 0 Å². The van der Waals surface area contributed by atoms with Crippen molar-refractivity contribution in [2.24, 2.45) is 11.5 Å². The maximum atomic E-state index is 12.3. The van der Waals surface area contributed by atoms with Gasteiger partial charge in [-0.25, -0.2) is 9.78 Å². The molecule has 0 aliphatic carbocycles. The molecule has 0 bridgehead atoms. The lowest BCUT2D eigenvalue weighted by Crippen LogP contribution is -2.54. The Bertz CT molecular complexity index is 773. The molecule has 0 radical (unpaired) electrons. The average Bonchev–Trinajstić information content (AvgIpc) is 3.21. The Morgan fingerprint density at radius 1 is 1.19 bits per heavy atom. The van der Waals surface area contributed by atoms with Gasteiger partial charge in [0.1, 0.15) is 12.1 Å². The van der Waals surface area contributed by atoms with Gasteiger partial charge in [-0.15, -0.1) is 0 Å². The molecule has 13 nitrogen and oxygen atoms in total. The summed E-state index contributed by atoms with van der Waals surface area (Å²) in [4.78, 5) is 65.6. The first-order valence-electron chi connectivity index (χ1n) is 9.24. The van der Waals surface area contributed by atoms with E-state index in [1.807, 2.05) is 6.26 Å². The molecule has 4 amide bonds. The van der Waals surface area contributed by atoms with E-state index < -0.39 is 60.7 Å². The SMILES string of the molecule is CSCCC(N)C(=O)NC(CC(N)=O)C(=O)NCC(=O)NC(Cc1cnc[nH]1)C(=O)O. The minimum absolute atomic E-state index is 0.0384. The van der Waals surface area contributed by atoms with E-state index in [2.05, 4.69) is 25.9 Å². The highest BCUT2D eigenvalue weighted by Gasteiger charge is 2.26. The van der Waals surface area contributed by atoms with Crippen LogP contribution in [0.2, 0.25) is 0 Å². The first-order valence-corrected chi connectivity index (χ1v) is 10.6. The van der Waals surface area contributed by atoms with Crippen LogP contribution in [-0.4, -0.2) is 81.4 Å². The number of primary amides is 1. The predicted octanol–water partition coefficient (Wildman–Crippen LogP) is -2.92. The average molecular weight is 458 g/mol. The zero-order valence-corrected chi connectivity index (χ0v) is 17.7. The van der Waals surface area contributed by atoms with Crippen molar-refractivity contribution in [3.63, 3.8) is 0 Å². The highest BCUT2D eigenvalue weighted by atomic mass is 32.2. The number of hydrogen-bond donors (Lipinski definition) is 7. The fraction of sp³-hybridized carbons (Fsp3) is 0.529. The Labute approximate surface area is 182 Å². The molecular weight excluding hydrogens is 430 g/mol. The number of aliphatic carboxylic acids is 1. The molecule has 14 heteroatoms. The van der Waals surface area contributed by atoms with Gasteiger partial charge in [-0.3, -0.25) is 19.2 Å². The number of carboxylic acids is 1. The minimum Gasteiger partial charge on any atom is -0.480 e. The fourth-order valence-electron chi connectivity index (χ4n) is 2.42. The van der Waals surface area contributed by atoms with Crippen molar-refractivity contribution in [1.82, 2.24) is 25.9 Å². The number of nitrogens with zero attached hydrogens (tertiary/aromatic N) is 1. The first-order chi connectivity index (χ1) is 14.6. The summed E-state index contributed by atoms with van der Waals surface area (Å²) in [6.07, 6.45) is 4.48. The number of imidazole rings is 1. The van der Waals surface area contributed by atoms with Gasteiger partial charge in [0.05, 0.1) is 25.3 Å². The number of carboxylic acid groups (broad SMARTS) is 1. The second-order valence-electron chi connectivity index (χ2n) is 6.58. The molecule has 0 spiro atoms. The molecule has 0 saturated heterocycles. The zero-order chi connectivity index (χ0) is 23.4. The summed E-state index contributed by atoms with van der Waals surface area (Å²) in [6.45, 7) is -0.574. The van der Waals surface area contributed by atoms with Crippen LogP contribution in [0.3, 0.4) is 0 Å². The van der Waals surface area contributed by atoms with Crippen molar-refractivity contribution in [2.75, 3.05) is 18.6 Å². The van der Waals surface area contributed by atoms with Crippen LogP contribution < -0.4 is 27.4 Å². The van der Waals surface area contributed by atoms with Gasteiger partial charge in [-0.2, -0.15) is 11.8 Å². The van der Waals surface area contributed by atoms with E-state index in [9.17, 15) is 29.1 Å². The highest BCUT2D eigenvalue weighted by Crippen LogP contribution is 2.01. The smallest absolute Gasteiger partial charge is 0.326 e. The Morgan fingerprint density at radius 2 is 1.90 bits per heavy atom. The van der Waals surface area contributed by atoms with Crippen LogP contribution in [0.25, 0.3) is 0 Å². The van der Waals surface area contributed by atoms with Crippen molar-refractivity contribution in [3.05, 3.63) is 18.2 Å². The Hall–Kier alpha value is -3.13. The molecule has 0 aliphatic rings. The second kappa shape index (κ2) is 13.2. The topological polar surface area (TPSA) is 222 Å². The summed E-state index contributed by atoms with van der Waals surface area (Å²) in [5.74, 6) is -3.73. The van der Waals surface area contributed by atoms with Gasteiger partial charge < -0.3 is 37.5 Å². The predicted molar refractivity (Wildman–Crippen MR) is 112 cm³/mol. The summed E-state index contributed by atoms with van der Waals surface area (Å²) in [6, 6.07) is -3.45. The quantitative estimate of drug-likeness (QED) is 0.152. The summed E-state index contributed by atoms with van der Waals surface area (Å²) in [7, 11) is 0. The molecule has 31 heavy (non-hydrogen) atoms. The third-order valence-corrected chi connectivity index (χ3v) is 4.69. The van der Waals surface area contributed by atoms with Crippen LogP contribution in [0.4, 0.5) is 0 Å². The van der Waals surface area contributed by atoms with Gasteiger partial charge in [0.2, 0.25) is 23.6 Å². The number of nitrogens with two attached hydrogens (primary N) is 2. The van der Waals surface area contributed by atoms with E-state index in [-0.39, 0.29) is 6.42 Å². The monoisotopic (exact) mass is 457 g/mol. The van der Waals surface area contributed by atoms with Crippen LogP contribution >= 0.6 is 11.8 Å². The van der Waals surface area contributed by atoms with Crippen molar-refractivity contribution in [1.29, 1.82) is 0 Å². The molecule has 1 rings (SSSR count). The minimum atomic E-state index is -1.32. The molecule has 3 unspecified atom stereocenters. The molecule has 0 saturated carbocycles. The number of hydrogen-bond acceptors (Lipinski definition) is 8. The number of carbonyl (C=O) groups is 5. The molecule has 172 valence electrons. The van der Waals surface area contributed by atoms with E-state index in [1.54, 1.807) is 0 Å². The molecule has 0 fully saturated rings. The van der Waals surface area contributed by atoms with Crippen LogP contribution in [0.1, 0.15) is 18.5 Å². The van der Waals surface area contributed by atoms with Gasteiger partial charge in [0.15, 0.2) is 0 Å². The van der Waals surface area contributed by atoms with Crippen LogP contribution in [0.15, 0.2) is 12.5 Å². The maximum Gasteiger partial charge on any atom is 0.326 e. The number of carbonyl (C=O) groups excluding carboxylic acids is 4. The van der Waals surface area contributed by atoms with Crippen molar-refractivity contribution < 1.29 is 29.1 Å². The van der Waals surface area contributed by atoms with Gasteiger partial charge in [0.25, 0.3) is 0 Å². The Kier molecular flexibility index (Phi) is 11.1. The van der Waals surface area contributed by atoms with E-state index in [0.29, 0.717) is 17.9 Å². The number of nitrogens with one attached hydrogen (secondary N) is 4. The van der Waals surface area contributed by atoms with E-state index >= 15 is 0 Å². The number of aromatic amines is 1. The summed E-state index contributed by atoms with van der Waals surface area (Å²) < 4.78 is 0. The van der Waals surface area contributed by atoms with Gasteiger partial charge in [-0.05, 0) is 18.4 Å². The molecule has 1 aromatic rings. The van der Waals surface area contributed by atoms with Crippen LogP contribution in [0.5, 0.6) is 0 Å². The second-order valence-corrected chi connectivity index (χ2v) is 7.56. The van der Waals surface area contributed by atoms with E-state index in [1.165, 1.54) is 24.3 Å². The van der Waals surface area contributed by atoms with Gasteiger partial charge in [-0.1, -0.05) is 0 Å². The third-order valence-electron chi connectivity index (χ3n) is 4.04. The van der Waals surface area contributed by atoms with Gasteiger partial charge in [0, 0.05) is 18.3 Å². The number of H-pyrrole nitrogens is 1. The molecule has 1 heterocycles. The molecule has 1 aromatic heterocycles. The van der Waals surface area contributed by atoms with Crippen LogP contribution in [-0.2, 0) is 30.4 Å². The number of rotatable bonds is 14.